The highest BCUT2D eigenvalue weighted by Gasteiger charge is 2.11. The molecule has 1 aromatic carbocycles. The Hall–Kier alpha value is -1.81. The number of rotatable bonds is 4. The summed E-state index contributed by atoms with van der Waals surface area (Å²) in [6, 6.07) is 8.59. The number of anilines is 1. The second-order valence-corrected chi connectivity index (χ2v) is 6.41. The van der Waals surface area contributed by atoms with Crippen molar-refractivity contribution in [1.29, 1.82) is 5.26 Å². The highest BCUT2D eigenvalue weighted by Crippen LogP contribution is 2.27. The van der Waals surface area contributed by atoms with Crippen LogP contribution in [0.5, 0.6) is 5.75 Å². The van der Waals surface area contributed by atoms with Gasteiger partial charge in [0.25, 0.3) is 5.91 Å². The Kier molecular flexibility index (Phi) is 5.61. The number of hydrogen-bond donors (Lipinski definition) is 1. The number of nitrogens with zero attached hydrogens (tertiary/aromatic N) is 1. The number of carbonyl (C=O) groups is 1. The second kappa shape index (κ2) is 7.45. The van der Waals surface area contributed by atoms with Gasteiger partial charge >= 0.3 is 0 Å². The van der Waals surface area contributed by atoms with Gasteiger partial charge in [0.05, 0.1) is 12.1 Å². The lowest BCUT2D eigenvalue weighted by Crippen LogP contribution is -2.13. The van der Waals surface area contributed by atoms with Crippen LogP contribution in [-0.4, -0.2) is 13.0 Å². The van der Waals surface area contributed by atoms with Crippen molar-refractivity contribution in [3.8, 4) is 11.8 Å². The zero-order chi connectivity index (χ0) is 16.1. The molecule has 22 heavy (non-hydrogen) atoms. The normalized spacial score (nSPS) is 10.9. The summed E-state index contributed by atoms with van der Waals surface area (Å²) < 4.78 is 5.95. The zero-order valence-electron chi connectivity index (χ0n) is 11.4. The van der Waals surface area contributed by atoms with Crippen LogP contribution in [0.25, 0.3) is 6.08 Å². The number of amides is 1. The number of nitrogens with one attached hydrogen (secondary N) is 1. The van der Waals surface area contributed by atoms with Gasteiger partial charge in [-0.15, -0.1) is 11.3 Å². The summed E-state index contributed by atoms with van der Waals surface area (Å²) in [6.07, 6.45) is 1.54. The lowest BCUT2D eigenvalue weighted by atomic mass is 10.2. The van der Waals surface area contributed by atoms with Gasteiger partial charge in [-0.25, -0.2) is 0 Å². The predicted molar refractivity (Wildman–Crippen MR) is 92.2 cm³/mol. The maximum absolute atomic E-state index is 12.1. The maximum atomic E-state index is 12.1. The van der Waals surface area contributed by atoms with E-state index >= 15 is 0 Å². The molecule has 0 saturated heterocycles. The van der Waals surface area contributed by atoms with Gasteiger partial charge in [-0.1, -0.05) is 11.6 Å². The highest BCUT2D eigenvalue weighted by atomic mass is 79.9. The lowest BCUT2D eigenvalue weighted by molar-refractivity contribution is -0.112. The van der Waals surface area contributed by atoms with Crippen molar-refractivity contribution in [3.05, 3.63) is 49.6 Å². The van der Waals surface area contributed by atoms with Gasteiger partial charge in [-0.3, -0.25) is 4.79 Å². The Morgan fingerprint density at radius 1 is 1.50 bits per heavy atom. The first kappa shape index (κ1) is 16.6. The van der Waals surface area contributed by atoms with E-state index in [2.05, 4.69) is 21.2 Å². The average Bonchev–Trinajstić information content (AvgIpc) is 2.90. The molecule has 2 aromatic rings. The first-order valence-electron chi connectivity index (χ1n) is 6.04. The number of halogens is 2. The first-order chi connectivity index (χ1) is 10.5. The van der Waals surface area contributed by atoms with Crippen molar-refractivity contribution < 1.29 is 9.53 Å². The average molecular weight is 398 g/mol. The van der Waals surface area contributed by atoms with Crippen molar-refractivity contribution in [3.63, 3.8) is 0 Å². The molecule has 0 unspecified atom stereocenters. The van der Waals surface area contributed by atoms with E-state index < -0.39 is 5.91 Å². The maximum Gasteiger partial charge on any atom is 0.266 e. The van der Waals surface area contributed by atoms with E-state index in [0.29, 0.717) is 16.5 Å². The molecule has 1 amide bonds. The molecule has 7 heteroatoms. The van der Waals surface area contributed by atoms with Crippen LogP contribution < -0.4 is 10.1 Å². The number of benzene rings is 1. The topological polar surface area (TPSA) is 62.1 Å². The summed E-state index contributed by atoms with van der Waals surface area (Å²) in [6.45, 7) is 0. The molecule has 0 spiro atoms. The molecular weight excluding hydrogens is 388 g/mol. The Labute approximate surface area is 145 Å². The van der Waals surface area contributed by atoms with Crippen LogP contribution in [0, 0.1) is 11.3 Å². The highest BCUT2D eigenvalue weighted by molar-refractivity contribution is 9.10. The Bertz CT molecular complexity index is 780. The van der Waals surface area contributed by atoms with Crippen molar-refractivity contribution in [1.82, 2.24) is 0 Å². The third kappa shape index (κ3) is 4.10. The lowest BCUT2D eigenvalue weighted by Gasteiger charge is -2.07. The summed E-state index contributed by atoms with van der Waals surface area (Å²) in [7, 11) is 1.51. The van der Waals surface area contributed by atoms with Crippen LogP contribution in [-0.2, 0) is 4.79 Å². The van der Waals surface area contributed by atoms with Gasteiger partial charge in [-0.2, -0.15) is 5.26 Å². The minimum atomic E-state index is -0.492. The molecule has 0 aliphatic heterocycles. The Balaban J connectivity index is 2.18. The van der Waals surface area contributed by atoms with E-state index in [0.717, 1.165) is 9.35 Å². The molecule has 0 aliphatic carbocycles. The SMILES string of the molecule is COc1ccc(NC(=O)/C(C#N)=C/c2cc(Br)cs2)cc1Cl. The number of thiophene rings is 1. The van der Waals surface area contributed by atoms with Crippen LogP contribution in [0.4, 0.5) is 5.69 Å². The molecule has 1 heterocycles. The van der Waals surface area contributed by atoms with Crippen molar-refractivity contribution in [2.75, 3.05) is 12.4 Å². The van der Waals surface area contributed by atoms with Crippen LogP contribution in [0.1, 0.15) is 4.88 Å². The molecule has 0 atom stereocenters. The molecule has 0 radical (unpaired) electrons. The van der Waals surface area contributed by atoms with E-state index in [4.69, 9.17) is 21.6 Å². The number of carbonyl (C=O) groups excluding carboxylic acids is 1. The van der Waals surface area contributed by atoms with Crippen molar-refractivity contribution in [2.45, 2.75) is 0 Å². The molecule has 0 saturated carbocycles. The van der Waals surface area contributed by atoms with Gasteiger partial charge < -0.3 is 10.1 Å². The molecule has 4 nitrogen and oxygen atoms in total. The minimum absolute atomic E-state index is 0.0151. The summed E-state index contributed by atoms with van der Waals surface area (Å²) in [5.41, 5.74) is 0.505. The Morgan fingerprint density at radius 3 is 2.82 bits per heavy atom. The zero-order valence-corrected chi connectivity index (χ0v) is 14.6. The van der Waals surface area contributed by atoms with Crippen molar-refractivity contribution in [2.24, 2.45) is 0 Å². The molecule has 0 fully saturated rings. The summed E-state index contributed by atoms with van der Waals surface area (Å²) in [5, 5.41) is 14.0. The monoisotopic (exact) mass is 396 g/mol. The Morgan fingerprint density at radius 2 is 2.27 bits per heavy atom. The number of methoxy groups -OCH3 is 1. The van der Waals surface area contributed by atoms with Crippen LogP contribution in [0.3, 0.4) is 0 Å². The fourth-order valence-corrected chi connectivity index (χ4v) is 3.27. The largest absolute Gasteiger partial charge is 0.495 e. The second-order valence-electron chi connectivity index (χ2n) is 4.14. The first-order valence-corrected chi connectivity index (χ1v) is 8.09. The molecule has 1 N–H and O–H groups in total. The quantitative estimate of drug-likeness (QED) is 0.600. The molecule has 0 aliphatic rings. The van der Waals surface area contributed by atoms with Gasteiger partial charge in [0, 0.05) is 20.4 Å². The standard InChI is InChI=1S/C15H10BrClN2O2S/c1-21-14-3-2-11(6-13(14)17)19-15(20)9(7-18)4-12-5-10(16)8-22-12/h2-6,8H,1H3,(H,19,20)/b9-4+. The van der Waals surface area contributed by atoms with E-state index in [1.807, 2.05) is 17.5 Å². The van der Waals surface area contributed by atoms with Crippen LogP contribution in [0.15, 0.2) is 39.7 Å². The molecule has 1 aromatic heterocycles. The third-order valence-electron chi connectivity index (χ3n) is 2.65. The minimum Gasteiger partial charge on any atom is -0.495 e. The number of nitriles is 1. The molecule has 112 valence electrons. The smallest absolute Gasteiger partial charge is 0.266 e. The van der Waals surface area contributed by atoms with Gasteiger partial charge in [0.2, 0.25) is 0 Å². The van der Waals surface area contributed by atoms with Gasteiger partial charge in [0.15, 0.2) is 0 Å². The fraction of sp³-hybridized carbons (Fsp3) is 0.0667. The molecule has 0 bridgehead atoms. The molecule has 2 rings (SSSR count). The van der Waals surface area contributed by atoms with Gasteiger partial charge in [0.1, 0.15) is 17.4 Å². The summed E-state index contributed by atoms with van der Waals surface area (Å²) >= 11 is 10.8. The summed E-state index contributed by atoms with van der Waals surface area (Å²) in [5.74, 6) is 0.0207. The van der Waals surface area contributed by atoms with Crippen LogP contribution >= 0.6 is 38.9 Å². The van der Waals surface area contributed by atoms with E-state index in [9.17, 15) is 4.79 Å². The van der Waals surface area contributed by atoms with Crippen molar-refractivity contribution >= 4 is 56.5 Å². The van der Waals surface area contributed by atoms with Gasteiger partial charge in [-0.05, 0) is 46.3 Å². The van der Waals surface area contributed by atoms with E-state index in [-0.39, 0.29) is 5.57 Å². The van der Waals surface area contributed by atoms with E-state index in [1.54, 1.807) is 18.2 Å². The number of hydrogen-bond acceptors (Lipinski definition) is 4. The van der Waals surface area contributed by atoms with Crippen LogP contribution in [0.2, 0.25) is 5.02 Å². The van der Waals surface area contributed by atoms with E-state index in [1.165, 1.54) is 24.5 Å². The third-order valence-corrected chi connectivity index (χ3v) is 4.58. The molecular formula is C15H10BrClN2O2S. The summed E-state index contributed by atoms with van der Waals surface area (Å²) in [4.78, 5) is 12.9. The number of ether oxygens (including phenoxy) is 1. The fourth-order valence-electron chi connectivity index (χ4n) is 1.64. The predicted octanol–water partition coefficient (Wildman–Crippen LogP) is 4.72.